The number of fused-ring (bicyclic) bond motifs is 4. The van der Waals surface area contributed by atoms with Crippen LogP contribution in [0.5, 0.6) is 5.75 Å². The number of nitrogens with zero attached hydrogens (tertiary/aromatic N) is 3. The number of hydrogen-bond acceptors (Lipinski definition) is 4. The maximum Gasteiger partial charge on any atom is 0.254 e. The van der Waals surface area contributed by atoms with Gasteiger partial charge in [0, 0.05) is 51.2 Å². The molecule has 2 aliphatic heterocycles. The molecule has 0 bridgehead atoms. The molecule has 2 aliphatic rings. The molecule has 1 N–H and O–H groups in total. The Balaban J connectivity index is 1.43. The van der Waals surface area contributed by atoms with Crippen LogP contribution in [-0.4, -0.2) is 46.6 Å². The number of likely N-dealkylation sites (tertiary alicyclic amines) is 1. The highest BCUT2D eigenvalue weighted by atomic mass is 16.5. The number of carbonyl (C=O) groups excluding carboxylic acids is 2. The molecule has 31 heavy (non-hydrogen) atoms. The van der Waals surface area contributed by atoms with Gasteiger partial charge in [-0.25, -0.2) is 0 Å². The zero-order valence-corrected chi connectivity index (χ0v) is 17.6. The lowest BCUT2D eigenvalue weighted by Gasteiger charge is -2.44. The van der Waals surface area contributed by atoms with Crippen LogP contribution in [-0.2, 0) is 12.6 Å². The quantitative estimate of drug-likeness (QED) is 0.697. The SMILES string of the molecule is CNC(=O)c1ccccc1C(=O)N1CCC2(CC1)Oc1ccccc1-c1c2cnn1C. The highest BCUT2D eigenvalue weighted by Crippen LogP contribution is 2.49. The minimum atomic E-state index is -0.505. The van der Waals surface area contributed by atoms with Crippen molar-refractivity contribution in [1.82, 2.24) is 20.0 Å². The molecule has 5 rings (SSSR count). The molecular weight excluding hydrogens is 392 g/mol. The number of aromatic nitrogens is 2. The number of carbonyl (C=O) groups is 2. The molecule has 3 aromatic rings. The second-order valence-electron chi connectivity index (χ2n) is 8.04. The first-order valence-electron chi connectivity index (χ1n) is 10.5. The summed E-state index contributed by atoms with van der Waals surface area (Å²) >= 11 is 0. The summed E-state index contributed by atoms with van der Waals surface area (Å²) in [5, 5.41) is 7.11. The summed E-state index contributed by atoms with van der Waals surface area (Å²) in [6.07, 6.45) is 3.21. The highest BCUT2D eigenvalue weighted by molar-refractivity contribution is 6.07. The summed E-state index contributed by atoms with van der Waals surface area (Å²) in [5.74, 6) is 0.463. The number of hydrogen-bond donors (Lipinski definition) is 1. The number of para-hydroxylation sites is 1. The fourth-order valence-electron chi connectivity index (χ4n) is 4.72. The monoisotopic (exact) mass is 416 g/mol. The number of ether oxygens (including phenoxy) is 1. The average molecular weight is 416 g/mol. The van der Waals surface area contributed by atoms with Crippen LogP contribution in [0.4, 0.5) is 0 Å². The van der Waals surface area contributed by atoms with Crippen LogP contribution in [0.15, 0.2) is 54.7 Å². The molecule has 2 amide bonds. The van der Waals surface area contributed by atoms with Gasteiger partial charge >= 0.3 is 0 Å². The van der Waals surface area contributed by atoms with Gasteiger partial charge in [-0.3, -0.25) is 14.3 Å². The van der Waals surface area contributed by atoms with Crippen LogP contribution >= 0.6 is 0 Å². The molecule has 2 aromatic carbocycles. The van der Waals surface area contributed by atoms with E-state index in [4.69, 9.17) is 4.74 Å². The van der Waals surface area contributed by atoms with Crippen LogP contribution in [0.3, 0.4) is 0 Å². The van der Waals surface area contributed by atoms with Gasteiger partial charge in [0.2, 0.25) is 0 Å². The van der Waals surface area contributed by atoms with Crippen LogP contribution in [0.25, 0.3) is 11.3 Å². The Hall–Kier alpha value is -3.61. The maximum absolute atomic E-state index is 13.2. The van der Waals surface area contributed by atoms with E-state index in [1.54, 1.807) is 31.3 Å². The average Bonchev–Trinajstić information content (AvgIpc) is 3.21. The van der Waals surface area contributed by atoms with E-state index in [0.29, 0.717) is 37.1 Å². The van der Waals surface area contributed by atoms with Gasteiger partial charge in [-0.2, -0.15) is 5.10 Å². The Morgan fingerprint density at radius 2 is 1.71 bits per heavy atom. The predicted octanol–water partition coefficient (Wildman–Crippen LogP) is 2.97. The van der Waals surface area contributed by atoms with Crippen molar-refractivity contribution in [1.29, 1.82) is 0 Å². The fourth-order valence-corrected chi connectivity index (χ4v) is 4.72. The molecule has 7 nitrogen and oxygen atoms in total. The molecule has 1 spiro atoms. The third kappa shape index (κ3) is 3.00. The molecule has 0 unspecified atom stereocenters. The van der Waals surface area contributed by atoms with Crippen molar-refractivity contribution >= 4 is 11.8 Å². The summed E-state index contributed by atoms with van der Waals surface area (Å²) in [4.78, 5) is 27.3. The molecule has 1 saturated heterocycles. The van der Waals surface area contributed by atoms with Gasteiger partial charge in [-0.1, -0.05) is 24.3 Å². The Morgan fingerprint density at radius 1 is 1.03 bits per heavy atom. The number of benzene rings is 2. The summed E-state index contributed by atoms with van der Waals surface area (Å²) in [7, 11) is 3.51. The van der Waals surface area contributed by atoms with Crippen molar-refractivity contribution in [3.63, 3.8) is 0 Å². The van der Waals surface area contributed by atoms with Gasteiger partial charge in [0.1, 0.15) is 11.4 Å². The fraction of sp³-hybridized carbons (Fsp3) is 0.292. The Labute approximate surface area is 180 Å². The lowest BCUT2D eigenvalue weighted by atomic mass is 9.81. The lowest BCUT2D eigenvalue weighted by Crippen LogP contribution is -2.49. The minimum absolute atomic E-state index is 0.128. The highest BCUT2D eigenvalue weighted by Gasteiger charge is 2.46. The largest absolute Gasteiger partial charge is 0.482 e. The van der Waals surface area contributed by atoms with Crippen LogP contribution < -0.4 is 10.1 Å². The van der Waals surface area contributed by atoms with E-state index in [2.05, 4.69) is 16.5 Å². The lowest BCUT2D eigenvalue weighted by molar-refractivity contribution is -0.00177. The standard InChI is InChI=1S/C24H24N4O3/c1-25-22(29)16-7-3-4-8-17(16)23(30)28-13-11-24(12-14-28)19-15-26-27(2)21(19)18-9-5-6-10-20(18)31-24/h3-10,15H,11-14H2,1-2H3,(H,25,29). The topological polar surface area (TPSA) is 76.5 Å². The van der Waals surface area contributed by atoms with E-state index in [1.165, 1.54) is 0 Å². The van der Waals surface area contributed by atoms with Gasteiger partial charge in [-0.05, 0) is 24.3 Å². The van der Waals surface area contributed by atoms with Crippen molar-refractivity contribution in [3.05, 3.63) is 71.4 Å². The van der Waals surface area contributed by atoms with Gasteiger partial charge in [-0.15, -0.1) is 0 Å². The first kappa shape index (κ1) is 19.4. The number of amides is 2. The van der Waals surface area contributed by atoms with Gasteiger partial charge in [0.15, 0.2) is 0 Å². The number of aryl methyl sites for hydroxylation is 1. The van der Waals surface area contributed by atoms with Crippen molar-refractivity contribution in [3.8, 4) is 17.0 Å². The van der Waals surface area contributed by atoms with E-state index >= 15 is 0 Å². The third-order valence-corrected chi connectivity index (χ3v) is 6.36. The Kier molecular flexibility index (Phi) is 4.54. The smallest absolute Gasteiger partial charge is 0.254 e. The van der Waals surface area contributed by atoms with Crippen LogP contribution in [0.2, 0.25) is 0 Å². The normalized spacial score (nSPS) is 16.3. The molecule has 158 valence electrons. The molecule has 3 heterocycles. The number of nitrogens with one attached hydrogen (secondary N) is 1. The van der Waals surface area contributed by atoms with E-state index in [9.17, 15) is 9.59 Å². The van der Waals surface area contributed by atoms with Gasteiger partial charge in [0.05, 0.1) is 23.0 Å². The van der Waals surface area contributed by atoms with E-state index in [0.717, 1.165) is 22.6 Å². The predicted molar refractivity (Wildman–Crippen MR) is 116 cm³/mol. The van der Waals surface area contributed by atoms with Crippen molar-refractivity contribution in [2.24, 2.45) is 7.05 Å². The van der Waals surface area contributed by atoms with Crippen LogP contribution in [0.1, 0.15) is 39.1 Å². The zero-order valence-electron chi connectivity index (χ0n) is 17.6. The zero-order chi connectivity index (χ0) is 21.6. The molecule has 0 atom stereocenters. The molecule has 0 aliphatic carbocycles. The first-order valence-corrected chi connectivity index (χ1v) is 10.5. The molecule has 0 radical (unpaired) electrons. The summed E-state index contributed by atoms with van der Waals surface area (Å²) in [5.41, 5.74) is 3.51. The number of piperidine rings is 1. The first-order chi connectivity index (χ1) is 15.0. The third-order valence-electron chi connectivity index (χ3n) is 6.36. The molecule has 1 aromatic heterocycles. The summed E-state index contributed by atoms with van der Waals surface area (Å²) in [6.45, 7) is 1.08. The van der Waals surface area contributed by atoms with Crippen molar-refractivity contribution < 1.29 is 14.3 Å². The molecule has 0 saturated carbocycles. The Bertz CT molecular complexity index is 1180. The second-order valence-corrected chi connectivity index (χ2v) is 8.04. The van der Waals surface area contributed by atoms with Gasteiger partial charge < -0.3 is 15.0 Å². The maximum atomic E-state index is 13.2. The van der Waals surface area contributed by atoms with E-state index in [1.807, 2.05) is 41.0 Å². The van der Waals surface area contributed by atoms with Gasteiger partial charge in [0.25, 0.3) is 11.8 Å². The summed E-state index contributed by atoms with van der Waals surface area (Å²) in [6, 6.07) is 15.0. The van der Waals surface area contributed by atoms with E-state index < -0.39 is 5.60 Å². The number of rotatable bonds is 2. The summed E-state index contributed by atoms with van der Waals surface area (Å²) < 4.78 is 8.46. The van der Waals surface area contributed by atoms with Crippen molar-refractivity contribution in [2.45, 2.75) is 18.4 Å². The van der Waals surface area contributed by atoms with Crippen molar-refractivity contribution in [2.75, 3.05) is 20.1 Å². The second kappa shape index (κ2) is 7.27. The molecule has 1 fully saturated rings. The van der Waals surface area contributed by atoms with Crippen LogP contribution in [0, 0.1) is 0 Å². The van der Waals surface area contributed by atoms with E-state index in [-0.39, 0.29) is 11.8 Å². The molecular formula is C24H24N4O3. The molecule has 7 heteroatoms. The Morgan fingerprint density at radius 3 is 2.45 bits per heavy atom. The minimum Gasteiger partial charge on any atom is -0.482 e.